The van der Waals surface area contributed by atoms with Gasteiger partial charge in [-0.25, -0.2) is 4.79 Å². The summed E-state index contributed by atoms with van der Waals surface area (Å²) in [5.41, 5.74) is -1.15. The fourth-order valence-electron chi connectivity index (χ4n) is 2.89. The standard InChI is InChI=1S/C16H18F2IN3O3/c1-3-22-6-4-5-12(22)21(2)8-10(16(24)25)13(23)9-7-11(19)15(18)20-14(9)17/h7-8,12H,3-6H2,1-2H3,(H,24,25)/b10-8-. The van der Waals surface area contributed by atoms with E-state index < -0.39 is 34.8 Å². The number of carboxylic acids is 1. The van der Waals surface area contributed by atoms with Crippen molar-refractivity contribution in [1.82, 2.24) is 14.8 Å². The summed E-state index contributed by atoms with van der Waals surface area (Å²) >= 11 is 1.56. The smallest absolute Gasteiger partial charge is 0.341 e. The molecule has 0 bridgehead atoms. The Bertz CT molecular complexity index is 727. The van der Waals surface area contributed by atoms with Crippen LogP contribution < -0.4 is 0 Å². The van der Waals surface area contributed by atoms with Gasteiger partial charge in [0, 0.05) is 19.8 Å². The van der Waals surface area contributed by atoms with Crippen LogP contribution in [0.5, 0.6) is 0 Å². The lowest BCUT2D eigenvalue weighted by Gasteiger charge is -2.31. The van der Waals surface area contributed by atoms with Crippen LogP contribution in [0.2, 0.25) is 0 Å². The van der Waals surface area contributed by atoms with Gasteiger partial charge in [-0.3, -0.25) is 9.69 Å². The summed E-state index contributed by atoms with van der Waals surface area (Å²) in [6.07, 6.45) is 3.00. The summed E-state index contributed by atoms with van der Waals surface area (Å²) in [4.78, 5) is 30.8. The zero-order valence-electron chi connectivity index (χ0n) is 13.8. The zero-order chi connectivity index (χ0) is 18.7. The van der Waals surface area contributed by atoms with E-state index in [1.807, 2.05) is 6.92 Å². The molecule has 1 aliphatic heterocycles. The summed E-state index contributed by atoms with van der Waals surface area (Å²) < 4.78 is 27.0. The molecule has 1 aromatic heterocycles. The molecule has 25 heavy (non-hydrogen) atoms. The fraction of sp³-hybridized carbons (Fsp3) is 0.438. The topological polar surface area (TPSA) is 73.7 Å². The number of halogens is 3. The number of carbonyl (C=O) groups excluding carboxylic acids is 1. The lowest BCUT2D eigenvalue weighted by molar-refractivity contribution is -0.132. The van der Waals surface area contributed by atoms with Crippen LogP contribution in [0, 0.1) is 15.5 Å². The fourth-order valence-corrected chi connectivity index (χ4v) is 3.32. The van der Waals surface area contributed by atoms with Gasteiger partial charge in [-0.1, -0.05) is 6.92 Å². The van der Waals surface area contributed by atoms with Crippen LogP contribution in [0.15, 0.2) is 17.8 Å². The average Bonchev–Trinajstić information content (AvgIpc) is 3.03. The highest BCUT2D eigenvalue weighted by molar-refractivity contribution is 14.1. The lowest BCUT2D eigenvalue weighted by Crippen LogP contribution is -2.40. The third-order valence-electron chi connectivity index (χ3n) is 4.14. The highest BCUT2D eigenvalue weighted by Gasteiger charge is 2.29. The molecule has 0 amide bonds. The van der Waals surface area contributed by atoms with Gasteiger partial charge >= 0.3 is 5.97 Å². The van der Waals surface area contributed by atoms with E-state index in [-0.39, 0.29) is 9.74 Å². The average molecular weight is 465 g/mol. The molecule has 1 unspecified atom stereocenters. The molecule has 0 aliphatic carbocycles. The number of carboxylic acid groups (broad SMARTS) is 1. The Labute approximate surface area is 157 Å². The maximum absolute atomic E-state index is 13.8. The Kier molecular flexibility index (Phi) is 6.44. The number of ketones is 1. The van der Waals surface area contributed by atoms with E-state index in [2.05, 4.69) is 9.88 Å². The monoisotopic (exact) mass is 465 g/mol. The minimum absolute atomic E-state index is 0.0246. The number of carbonyl (C=O) groups is 2. The van der Waals surface area contributed by atoms with Crippen molar-refractivity contribution in [3.05, 3.63) is 38.9 Å². The maximum atomic E-state index is 13.8. The molecule has 0 aromatic carbocycles. The number of hydrogen-bond donors (Lipinski definition) is 1. The Balaban J connectivity index is 2.36. The van der Waals surface area contributed by atoms with Crippen LogP contribution >= 0.6 is 22.6 Å². The molecule has 1 aliphatic rings. The SMILES string of the molecule is CCN1CCCC1N(C)/C=C(\C(=O)O)C(=O)c1cc(I)c(F)nc1F. The molecule has 9 heteroatoms. The Hall–Kier alpha value is -1.62. The van der Waals surface area contributed by atoms with Gasteiger partial charge < -0.3 is 10.0 Å². The van der Waals surface area contributed by atoms with Crippen molar-refractivity contribution in [2.45, 2.75) is 25.9 Å². The largest absolute Gasteiger partial charge is 0.477 e. The number of nitrogens with zero attached hydrogens (tertiary/aromatic N) is 3. The van der Waals surface area contributed by atoms with Gasteiger partial charge in [0.05, 0.1) is 15.3 Å². The number of aliphatic carboxylic acids is 1. The van der Waals surface area contributed by atoms with E-state index in [9.17, 15) is 23.5 Å². The molecule has 2 heterocycles. The van der Waals surface area contributed by atoms with Crippen LogP contribution in [0.1, 0.15) is 30.1 Å². The highest BCUT2D eigenvalue weighted by atomic mass is 127. The van der Waals surface area contributed by atoms with Crippen LogP contribution in [-0.4, -0.2) is 57.9 Å². The van der Waals surface area contributed by atoms with Crippen molar-refractivity contribution in [2.24, 2.45) is 0 Å². The number of pyridine rings is 1. The lowest BCUT2D eigenvalue weighted by atomic mass is 10.1. The molecule has 0 radical (unpaired) electrons. The van der Waals surface area contributed by atoms with Crippen molar-refractivity contribution in [3.8, 4) is 0 Å². The number of aromatic nitrogens is 1. The molecule has 1 saturated heterocycles. The van der Waals surface area contributed by atoms with Crippen molar-refractivity contribution in [3.63, 3.8) is 0 Å². The van der Waals surface area contributed by atoms with Crippen molar-refractivity contribution < 1.29 is 23.5 Å². The van der Waals surface area contributed by atoms with Crippen molar-refractivity contribution >= 4 is 34.3 Å². The molecular weight excluding hydrogens is 447 g/mol. The third-order valence-corrected chi connectivity index (χ3v) is 4.90. The molecule has 2 rings (SSSR count). The number of Topliss-reactive ketones (excluding diaryl/α,β-unsaturated/α-hetero) is 1. The van der Waals surface area contributed by atoms with Gasteiger partial charge in [0.1, 0.15) is 5.57 Å². The number of likely N-dealkylation sites (tertiary alicyclic amines) is 1. The molecule has 1 aromatic rings. The van der Waals surface area contributed by atoms with Crippen LogP contribution in [-0.2, 0) is 4.79 Å². The number of rotatable bonds is 6. The van der Waals surface area contributed by atoms with Gasteiger partial charge in [-0.2, -0.15) is 13.8 Å². The minimum Gasteiger partial charge on any atom is -0.477 e. The molecule has 1 atom stereocenters. The number of hydrogen-bond acceptors (Lipinski definition) is 5. The minimum atomic E-state index is -1.48. The van der Waals surface area contributed by atoms with E-state index in [1.54, 1.807) is 34.5 Å². The third kappa shape index (κ3) is 4.32. The highest BCUT2D eigenvalue weighted by Crippen LogP contribution is 2.22. The summed E-state index contributed by atoms with van der Waals surface area (Å²) in [5.74, 6) is -4.88. The van der Waals surface area contributed by atoms with Gasteiger partial charge in [0.15, 0.2) is 0 Å². The van der Waals surface area contributed by atoms with Gasteiger partial charge in [-0.05, 0) is 48.0 Å². The van der Waals surface area contributed by atoms with E-state index in [0.717, 1.165) is 32.0 Å². The summed E-state index contributed by atoms with van der Waals surface area (Å²) in [6.45, 7) is 3.69. The molecule has 0 saturated carbocycles. The normalized spacial score (nSPS) is 18.4. The van der Waals surface area contributed by atoms with E-state index >= 15 is 0 Å². The van der Waals surface area contributed by atoms with Gasteiger partial charge in [-0.15, -0.1) is 0 Å². The van der Waals surface area contributed by atoms with Crippen LogP contribution in [0.4, 0.5) is 8.78 Å². The molecule has 136 valence electrons. The van der Waals surface area contributed by atoms with Gasteiger partial charge in [0.25, 0.3) is 0 Å². The summed E-state index contributed by atoms with van der Waals surface area (Å²) in [5, 5.41) is 9.39. The first-order valence-electron chi connectivity index (χ1n) is 7.73. The first-order chi connectivity index (χ1) is 11.8. The zero-order valence-corrected chi connectivity index (χ0v) is 16.0. The van der Waals surface area contributed by atoms with E-state index in [4.69, 9.17) is 0 Å². The molecule has 0 spiro atoms. The van der Waals surface area contributed by atoms with Crippen molar-refractivity contribution in [2.75, 3.05) is 20.1 Å². The van der Waals surface area contributed by atoms with E-state index in [0.29, 0.717) is 0 Å². The second-order valence-corrected chi connectivity index (χ2v) is 6.86. The van der Waals surface area contributed by atoms with Crippen LogP contribution in [0.3, 0.4) is 0 Å². The first-order valence-corrected chi connectivity index (χ1v) is 8.81. The quantitative estimate of drug-likeness (QED) is 0.174. The molecule has 6 nitrogen and oxygen atoms in total. The molecule has 1 N–H and O–H groups in total. The first kappa shape index (κ1) is 19.7. The van der Waals surface area contributed by atoms with Crippen LogP contribution in [0.25, 0.3) is 0 Å². The second kappa shape index (κ2) is 8.17. The predicted octanol–water partition coefficient (Wildman–Crippen LogP) is 2.49. The van der Waals surface area contributed by atoms with Gasteiger partial charge in [0.2, 0.25) is 17.7 Å². The predicted molar refractivity (Wildman–Crippen MR) is 95.0 cm³/mol. The molecule has 1 fully saturated rings. The molecular formula is C16H18F2IN3O3. The Morgan fingerprint density at radius 3 is 2.76 bits per heavy atom. The summed E-state index contributed by atoms with van der Waals surface area (Å²) in [6, 6.07) is 0.964. The summed E-state index contributed by atoms with van der Waals surface area (Å²) in [7, 11) is 1.68. The van der Waals surface area contributed by atoms with Crippen molar-refractivity contribution in [1.29, 1.82) is 0 Å². The maximum Gasteiger partial charge on any atom is 0.341 e. The second-order valence-electron chi connectivity index (χ2n) is 5.69. The Morgan fingerprint density at radius 2 is 2.16 bits per heavy atom. The Morgan fingerprint density at radius 1 is 1.48 bits per heavy atom. The van der Waals surface area contributed by atoms with E-state index in [1.165, 1.54) is 6.20 Å².